The number of benzene rings is 2. The summed E-state index contributed by atoms with van der Waals surface area (Å²) in [5.41, 5.74) is 0. The molecular weight excluding hydrogens is 396 g/mol. The Morgan fingerprint density at radius 1 is 0.955 bits per heavy atom. The zero-order valence-electron chi connectivity index (χ0n) is 11.7. The van der Waals surface area contributed by atoms with E-state index in [0.29, 0.717) is 16.0 Å². The molecule has 2 aromatic rings. The van der Waals surface area contributed by atoms with Gasteiger partial charge in [0, 0.05) is 22.7 Å². The average molecular weight is 408 g/mol. The molecule has 2 rings (SSSR count). The summed E-state index contributed by atoms with van der Waals surface area (Å²) < 4.78 is 40.6. The third-order valence-corrected chi connectivity index (χ3v) is 4.92. The highest BCUT2D eigenvalue weighted by Crippen LogP contribution is 2.31. The lowest BCUT2D eigenvalue weighted by Crippen LogP contribution is -2.10. The first-order valence-electron chi connectivity index (χ1n) is 5.98. The molecule has 2 aromatic carbocycles. The third-order valence-electron chi connectivity index (χ3n) is 2.69. The van der Waals surface area contributed by atoms with Crippen molar-refractivity contribution >= 4 is 37.6 Å². The van der Waals surface area contributed by atoms with Crippen molar-refractivity contribution in [2.75, 3.05) is 14.2 Å². The molecule has 22 heavy (non-hydrogen) atoms. The van der Waals surface area contributed by atoms with Gasteiger partial charge < -0.3 is 13.7 Å². The zero-order chi connectivity index (χ0) is 16.3. The molecule has 0 bridgehead atoms. The minimum Gasteiger partial charge on any atom is -0.496 e. The van der Waals surface area contributed by atoms with Gasteiger partial charge in [-0.2, -0.15) is 8.42 Å². The van der Waals surface area contributed by atoms with Gasteiger partial charge in [0.05, 0.1) is 19.2 Å². The van der Waals surface area contributed by atoms with Gasteiger partial charge in [0.1, 0.15) is 22.1 Å². The van der Waals surface area contributed by atoms with Gasteiger partial charge in [-0.3, -0.25) is 0 Å². The summed E-state index contributed by atoms with van der Waals surface area (Å²) in [6.07, 6.45) is 0. The summed E-state index contributed by atoms with van der Waals surface area (Å²) in [5.74, 6) is 0.882. The molecule has 0 spiro atoms. The first kappa shape index (κ1) is 16.9. The topological polar surface area (TPSA) is 61.8 Å². The van der Waals surface area contributed by atoms with E-state index in [4.69, 9.17) is 25.3 Å². The molecule has 0 aliphatic carbocycles. The van der Waals surface area contributed by atoms with Gasteiger partial charge in [-0.15, -0.1) is 0 Å². The summed E-state index contributed by atoms with van der Waals surface area (Å²) >= 11 is 9.17. The SMILES string of the molecule is COc1cc(OC)cc(OS(=O)(=O)c2ccc(Br)cc2Cl)c1. The quantitative estimate of drug-likeness (QED) is 0.704. The van der Waals surface area contributed by atoms with Crippen molar-refractivity contribution in [1.29, 1.82) is 0 Å². The second kappa shape index (κ2) is 6.76. The maximum absolute atomic E-state index is 12.3. The highest BCUT2D eigenvalue weighted by Gasteiger charge is 2.21. The van der Waals surface area contributed by atoms with Gasteiger partial charge in [-0.25, -0.2) is 0 Å². The van der Waals surface area contributed by atoms with Gasteiger partial charge in [0.2, 0.25) is 0 Å². The summed E-state index contributed by atoms with van der Waals surface area (Å²) in [6.45, 7) is 0. The predicted octanol–water partition coefficient (Wildman–Crippen LogP) is 3.89. The maximum atomic E-state index is 12.3. The van der Waals surface area contributed by atoms with E-state index < -0.39 is 10.1 Å². The van der Waals surface area contributed by atoms with Crippen LogP contribution in [0.3, 0.4) is 0 Å². The fourth-order valence-corrected chi connectivity index (χ4v) is 3.61. The van der Waals surface area contributed by atoms with Gasteiger partial charge in [-0.1, -0.05) is 27.5 Å². The monoisotopic (exact) mass is 406 g/mol. The molecule has 0 fully saturated rings. The maximum Gasteiger partial charge on any atom is 0.340 e. The largest absolute Gasteiger partial charge is 0.496 e. The van der Waals surface area contributed by atoms with Crippen molar-refractivity contribution in [2.45, 2.75) is 4.90 Å². The van der Waals surface area contributed by atoms with Gasteiger partial charge in [0.15, 0.2) is 0 Å². The van der Waals surface area contributed by atoms with Crippen molar-refractivity contribution in [3.05, 3.63) is 45.9 Å². The van der Waals surface area contributed by atoms with Crippen LogP contribution in [0.4, 0.5) is 0 Å². The highest BCUT2D eigenvalue weighted by atomic mass is 79.9. The predicted molar refractivity (Wildman–Crippen MR) is 86.5 cm³/mol. The van der Waals surface area contributed by atoms with Gasteiger partial charge >= 0.3 is 10.1 Å². The first-order valence-corrected chi connectivity index (χ1v) is 8.56. The molecule has 0 heterocycles. The Kier molecular flexibility index (Phi) is 5.20. The highest BCUT2D eigenvalue weighted by molar-refractivity contribution is 9.10. The van der Waals surface area contributed by atoms with Crippen LogP contribution in [-0.4, -0.2) is 22.6 Å². The molecule has 0 aliphatic rings. The van der Waals surface area contributed by atoms with Gasteiger partial charge in [-0.05, 0) is 18.2 Å². The van der Waals surface area contributed by atoms with Gasteiger partial charge in [0.25, 0.3) is 0 Å². The van der Waals surface area contributed by atoms with E-state index in [-0.39, 0.29) is 15.7 Å². The molecule has 5 nitrogen and oxygen atoms in total. The fraction of sp³-hybridized carbons (Fsp3) is 0.143. The van der Waals surface area contributed by atoms with Crippen molar-refractivity contribution in [3.8, 4) is 17.2 Å². The minimum atomic E-state index is -4.07. The molecule has 0 amide bonds. The number of ether oxygens (including phenoxy) is 2. The van der Waals surface area contributed by atoms with E-state index in [2.05, 4.69) is 15.9 Å². The second-order valence-corrected chi connectivity index (χ2v) is 7.00. The molecule has 0 atom stereocenters. The Labute approximate surface area is 142 Å². The molecule has 118 valence electrons. The van der Waals surface area contributed by atoms with Crippen LogP contribution in [0.2, 0.25) is 5.02 Å². The van der Waals surface area contributed by atoms with Crippen molar-refractivity contribution < 1.29 is 22.1 Å². The summed E-state index contributed by atoms with van der Waals surface area (Å²) in [7, 11) is -1.16. The average Bonchev–Trinajstić information content (AvgIpc) is 2.45. The van der Waals surface area contributed by atoms with E-state index in [0.717, 1.165) is 0 Å². The van der Waals surface area contributed by atoms with Crippen LogP contribution in [0.15, 0.2) is 45.8 Å². The lowest BCUT2D eigenvalue weighted by molar-refractivity contribution is 0.390. The van der Waals surface area contributed by atoms with Crippen molar-refractivity contribution in [1.82, 2.24) is 0 Å². The summed E-state index contributed by atoms with van der Waals surface area (Å²) in [5, 5.41) is 0.0595. The molecule has 0 radical (unpaired) electrons. The van der Waals surface area contributed by atoms with Crippen molar-refractivity contribution in [3.63, 3.8) is 0 Å². The number of rotatable bonds is 5. The van der Waals surface area contributed by atoms with Crippen LogP contribution in [0, 0.1) is 0 Å². The summed E-state index contributed by atoms with van der Waals surface area (Å²) in [6, 6.07) is 8.88. The number of hydrogen-bond acceptors (Lipinski definition) is 5. The molecule has 0 aliphatic heterocycles. The molecule has 0 N–H and O–H groups in total. The molecule has 0 saturated heterocycles. The lowest BCUT2D eigenvalue weighted by Gasteiger charge is -2.11. The molecule has 0 aromatic heterocycles. The molecule has 0 saturated carbocycles. The Bertz CT molecular complexity index is 770. The number of methoxy groups -OCH3 is 2. The Morgan fingerprint density at radius 3 is 2.00 bits per heavy atom. The fourth-order valence-electron chi connectivity index (χ4n) is 1.68. The third kappa shape index (κ3) is 3.85. The Hall–Kier alpha value is -1.44. The zero-order valence-corrected chi connectivity index (χ0v) is 14.8. The Morgan fingerprint density at radius 2 is 1.50 bits per heavy atom. The van der Waals surface area contributed by atoms with Crippen LogP contribution < -0.4 is 13.7 Å². The van der Waals surface area contributed by atoms with Crippen LogP contribution >= 0.6 is 27.5 Å². The van der Waals surface area contributed by atoms with E-state index in [1.807, 2.05) is 0 Å². The standard InChI is InChI=1S/C14H12BrClO5S/c1-19-10-6-11(20-2)8-12(7-10)21-22(17,18)14-4-3-9(15)5-13(14)16/h3-8H,1-2H3. The smallest absolute Gasteiger partial charge is 0.340 e. The molecular formula is C14H12BrClO5S. The normalized spacial score (nSPS) is 11.1. The summed E-state index contributed by atoms with van der Waals surface area (Å²) in [4.78, 5) is -0.126. The lowest BCUT2D eigenvalue weighted by atomic mass is 10.3. The van der Waals surface area contributed by atoms with Crippen LogP contribution in [0.5, 0.6) is 17.2 Å². The van der Waals surface area contributed by atoms with E-state index in [1.165, 1.54) is 38.5 Å². The minimum absolute atomic E-state index is 0.0595. The second-order valence-electron chi connectivity index (χ2n) is 4.16. The Balaban J connectivity index is 2.40. The van der Waals surface area contributed by atoms with E-state index in [9.17, 15) is 8.42 Å². The number of hydrogen-bond donors (Lipinski definition) is 0. The molecule has 0 unspecified atom stereocenters. The number of halogens is 2. The molecule has 8 heteroatoms. The van der Waals surface area contributed by atoms with Crippen molar-refractivity contribution in [2.24, 2.45) is 0 Å². The van der Waals surface area contributed by atoms with Crippen LogP contribution in [-0.2, 0) is 10.1 Å². The van der Waals surface area contributed by atoms with E-state index in [1.54, 1.807) is 12.1 Å². The van der Waals surface area contributed by atoms with E-state index >= 15 is 0 Å². The first-order chi connectivity index (χ1) is 10.4. The van der Waals surface area contributed by atoms with Crippen LogP contribution in [0.1, 0.15) is 0 Å². The van der Waals surface area contributed by atoms with Crippen LogP contribution in [0.25, 0.3) is 0 Å².